The maximum absolute atomic E-state index is 5.39. The first-order valence-corrected chi connectivity index (χ1v) is 6.42. The summed E-state index contributed by atoms with van der Waals surface area (Å²) in [6.45, 7) is 2.65. The fourth-order valence-electron chi connectivity index (χ4n) is 2.38. The van der Waals surface area contributed by atoms with Crippen molar-refractivity contribution >= 4 is 16.6 Å². The largest absolute Gasteiger partial charge is 0.481 e. The van der Waals surface area contributed by atoms with Gasteiger partial charge < -0.3 is 10.1 Å². The number of fused-ring (bicyclic) bond motifs is 1. The third-order valence-electron chi connectivity index (χ3n) is 3.39. The van der Waals surface area contributed by atoms with Crippen LogP contribution in [-0.4, -0.2) is 27.1 Å². The lowest BCUT2D eigenvalue weighted by atomic mass is 10.2. The van der Waals surface area contributed by atoms with E-state index in [4.69, 9.17) is 4.74 Å². The Hall–Kier alpha value is -2.50. The van der Waals surface area contributed by atoms with Crippen molar-refractivity contribution in [3.05, 3.63) is 35.7 Å². The minimum atomic E-state index is 0.669. The molecule has 0 bridgehead atoms. The Balaban J connectivity index is 1.82. The van der Waals surface area contributed by atoms with E-state index in [1.54, 1.807) is 11.8 Å². The molecule has 0 aliphatic carbocycles. The molecular weight excluding hydrogens is 254 g/mol. The number of nitrogens with one attached hydrogen (secondary N) is 2. The number of benzene rings is 1. The van der Waals surface area contributed by atoms with E-state index in [-0.39, 0.29) is 0 Å². The number of aromatic amines is 1. The third kappa shape index (κ3) is 2.09. The Morgan fingerprint density at radius 1 is 1.40 bits per heavy atom. The van der Waals surface area contributed by atoms with Gasteiger partial charge in [-0.3, -0.25) is 5.10 Å². The van der Waals surface area contributed by atoms with Crippen LogP contribution in [0, 0.1) is 6.92 Å². The van der Waals surface area contributed by atoms with Crippen molar-refractivity contribution < 1.29 is 4.74 Å². The van der Waals surface area contributed by atoms with E-state index >= 15 is 0 Å². The van der Waals surface area contributed by atoms with Gasteiger partial charge in [-0.1, -0.05) is 0 Å². The van der Waals surface area contributed by atoms with E-state index in [1.165, 1.54) is 0 Å². The highest BCUT2D eigenvalue weighted by Crippen LogP contribution is 2.23. The lowest BCUT2D eigenvalue weighted by molar-refractivity contribution is 0.370. The van der Waals surface area contributed by atoms with Crippen molar-refractivity contribution in [2.45, 2.75) is 13.5 Å². The zero-order valence-corrected chi connectivity index (χ0v) is 11.8. The quantitative estimate of drug-likeness (QED) is 0.763. The summed E-state index contributed by atoms with van der Waals surface area (Å²) in [6, 6.07) is 6.12. The van der Waals surface area contributed by atoms with E-state index in [2.05, 4.69) is 20.6 Å². The highest BCUT2D eigenvalue weighted by Gasteiger charge is 2.13. The second-order valence-electron chi connectivity index (χ2n) is 4.72. The Morgan fingerprint density at radius 2 is 2.25 bits per heavy atom. The van der Waals surface area contributed by atoms with E-state index in [1.807, 2.05) is 38.4 Å². The van der Waals surface area contributed by atoms with Crippen LogP contribution in [0.5, 0.6) is 5.88 Å². The Morgan fingerprint density at radius 3 is 3.05 bits per heavy atom. The van der Waals surface area contributed by atoms with Crippen LogP contribution in [0.2, 0.25) is 0 Å². The maximum atomic E-state index is 5.39. The number of rotatable bonds is 4. The smallest absolute Gasteiger partial charge is 0.216 e. The molecule has 104 valence electrons. The average Bonchev–Trinajstić information content (AvgIpc) is 2.99. The number of aromatic nitrogens is 4. The zero-order chi connectivity index (χ0) is 14.1. The molecule has 3 aromatic rings. The molecule has 2 N–H and O–H groups in total. The van der Waals surface area contributed by atoms with Crippen molar-refractivity contribution in [3.63, 3.8) is 0 Å². The summed E-state index contributed by atoms with van der Waals surface area (Å²) in [7, 11) is 3.54. The minimum Gasteiger partial charge on any atom is -0.481 e. The van der Waals surface area contributed by atoms with Crippen LogP contribution in [0.15, 0.2) is 24.4 Å². The summed E-state index contributed by atoms with van der Waals surface area (Å²) in [5.74, 6) is 0.789. The Bertz CT molecular complexity index is 743. The van der Waals surface area contributed by atoms with Crippen LogP contribution < -0.4 is 10.1 Å². The van der Waals surface area contributed by atoms with Crippen molar-refractivity contribution in [1.29, 1.82) is 0 Å². The molecular formula is C14H17N5O. The van der Waals surface area contributed by atoms with Crippen LogP contribution in [-0.2, 0) is 13.6 Å². The van der Waals surface area contributed by atoms with Gasteiger partial charge in [0.1, 0.15) is 0 Å². The molecule has 0 aliphatic rings. The monoisotopic (exact) mass is 271 g/mol. The number of hydrogen-bond acceptors (Lipinski definition) is 4. The number of H-pyrrole nitrogens is 1. The molecule has 6 heteroatoms. The molecule has 0 aliphatic heterocycles. The van der Waals surface area contributed by atoms with Gasteiger partial charge in [0, 0.05) is 24.7 Å². The Kier molecular flexibility index (Phi) is 3.06. The predicted molar refractivity (Wildman–Crippen MR) is 77.9 cm³/mol. The number of aryl methyl sites for hydroxylation is 2. The second kappa shape index (κ2) is 4.88. The number of methoxy groups -OCH3 is 1. The molecule has 0 unspecified atom stereocenters. The van der Waals surface area contributed by atoms with Gasteiger partial charge in [-0.05, 0) is 25.1 Å². The lowest BCUT2D eigenvalue weighted by Gasteiger charge is -2.08. The summed E-state index contributed by atoms with van der Waals surface area (Å²) < 4.78 is 7.14. The van der Waals surface area contributed by atoms with Crippen molar-refractivity contribution in [2.75, 3.05) is 12.4 Å². The van der Waals surface area contributed by atoms with Crippen molar-refractivity contribution in [1.82, 2.24) is 20.0 Å². The van der Waals surface area contributed by atoms with Crippen molar-refractivity contribution in [3.8, 4) is 5.88 Å². The van der Waals surface area contributed by atoms with Gasteiger partial charge in [0.15, 0.2) is 0 Å². The summed E-state index contributed by atoms with van der Waals surface area (Å²) in [5.41, 5.74) is 4.09. The summed E-state index contributed by atoms with van der Waals surface area (Å²) >= 11 is 0. The Labute approximate surface area is 116 Å². The fraction of sp³-hybridized carbons (Fsp3) is 0.286. The molecule has 0 fully saturated rings. The molecule has 1 aromatic carbocycles. The van der Waals surface area contributed by atoms with Crippen LogP contribution in [0.4, 0.5) is 5.69 Å². The van der Waals surface area contributed by atoms with Gasteiger partial charge >= 0.3 is 0 Å². The second-order valence-corrected chi connectivity index (χ2v) is 4.72. The topological polar surface area (TPSA) is 67.8 Å². The molecule has 20 heavy (non-hydrogen) atoms. The molecule has 0 saturated carbocycles. The van der Waals surface area contributed by atoms with Gasteiger partial charge in [0.25, 0.3) is 0 Å². The van der Waals surface area contributed by atoms with Gasteiger partial charge in [-0.25, -0.2) is 4.68 Å². The first kappa shape index (κ1) is 12.5. The van der Waals surface area contributed by atoms with Crippen LogP contribution in [0.3, 0.4) is 0 Å². The lowest BCUT2D eigenvalue weighted by Crippen LogP contribution is -2.02. The molecule has 0 spiro atoms. The molecule has 0 saturated heterocycles. The van der Waals surface area contributed by atoms with Gasteiger partial charge in [-0.15, -0.1) is 0 Å². The SMILES string of the molecule is COc1c(CNc2ccc3cn[nH]c3c2)c(C)nn1C. The van der Waals surface area contributed by atoms with Crippen LogP contribution in [0.25, 0.3) is 10.9 Å². The summed E-state index contributed by atoms with van der Waals surface area (Å²) in [5, 5.41) is 15.8. The number of hydrogen-bond donors (Lipinski definition) is 2. The third-order valence-corrected chi connectivity index (χ3v) is 3.39. The molecule has 3 rings (SSSR count). The first-order valence-electron chi connectivity index (χ1n) is 6.42. The van der Waals surface area contributed by atoms with Crippen LogP contribution in [0.1, 0.15) is 11.3 Å². The zero-order valence-electron chi connectivity index (χ0n) is 11.8. The number of ether oxygens (including phenoxy) is 1. The first-order chi connectivity index (χ1) is 9.69. The minimum absolute atomic E-state index is 0.669. The highest BCUT2D eigenvalue weighted by atomic mass is 16.5. The predicted octanol–water partition coefficient (Wildman–Crippen LogP) is 2.23. The standard InChI is InChI=1S/C14H17N5O/c1-9-12(14(20-3)19(2)18-9)8-15-11-5-4-10-7-16-17-13(10)6-11/h4-7,15H,8H2,1-3H3,(H,16,17). The van der Waals surface area contributed by atoms with E-state index in [9.17, 15) is 0 Å². The van der Waals surface area contributed by atoms with Gasteiger partial charge in [0.05, 0.1) is 30.1 Å². The van der Waals surface area contributed by atoms with E-state index in [0.717, 1.165) is 33.7 Å². The fourth-order valence-corrected chi connectivity index (χ4v) is 2.38. The average molecular weight is 271 g/mol. The molecule has 0 atom stereocenters. The van der Waals surface area contributed by atoms with Gasteiger partial charge in [0.2, 0.25) is 5.88 Å². The normalized spacial score (nSPS) is 10.9. The van der Waals surface area contributed by atoms with Crippen molar-refractivity contribution in [2.24, 2.45) is 7.05 Å². The van der Waals surface area contributed by atoms with Gasteiger partial charge in [-0.2, -0.15) is 10.2 Å². The number of anilines is 1. The van der Waals surface area contributed by atoms with E-state index in [0.29, 0.717) is 6.54 Å². The molecule has 2 heterocycles. The number of nitrogens with zero attached hydrogens (tertiary/aromatic N) is 3. The summed E-state index contributed by atoms with van der Waals surface area (Å²) in [6.07, 6.45) is 1.81. The molecule has 0 radical (unpaired) electrons. The van der Waals surface area contributed by atoms with E-state index < -0.39 is 0 Å². The maximum Gasteiger partial charge on any atom is 0.216 e. The highest BCUT2D eigenvalue weighted by molar-refractivity contribution is 5.81. The summed E-state index contributed by atoms with van der Waals surface area (Å²) in [4.78, 5) is 0. The molecule has 0 amide bonds. The molecule has 2 aromatic heterocycles. The van der Waals surface area contributed by atoms with Crippen LogP contribution >= 0.6 is 0 Å². The molecule has 6 nitrogen and oxygen atoms in total.